The summed E-state index contributed by atoms with van der Waals surface area (Å²) >= 11 is 0. The van der Waals surface area contributed by atoms with E-state index in [2.05, 4.69) is 89.9 Å². The van der Waals surface area contributed by atoms with Crippen LogP contribution in [0.5, 0.6) is 17.2 Å². The number of benzene rings is 4. The molecule has 1 atom stereocenters. The average molecular weight is 1010 g/mol. The minimum absolute atomic E-state index is 0.0228. The maximum atomic E-state index is 14.1. The normalized spacial score (nSPS) is 19.0. The van der Waals surface area contributed by atoms with Gasteiger partial charge in [0.15, 0.2) is 0 Å². The van der Waals surface area contributed by atoms with Crippen molar-refractivity contribution >= 4 is 44.0 Å². The van der Waals surface area contributed by atoms with Crippen LogP contribution in [-0.4, -0.2) is 129 Å². The van der Waals surface area contributed by atoms with Crippen molar-refractivity contribution in [3.8, 4) is 17.2 Å². The number of amides is 1. The molecule has 1 spiro atoms. The van der Waals surface area contributed by atoms with Crippen molar-refractivity contribution in [3.63, 3.8) is 0 Å². The fourth-order valence-electron chi connectivity index (χ4n) is 11.3. The molecule has 384 valence electrons. The van der Waals surface area contributed by atoms with E-state index in [9.17, 15) is 23.3 Å². The van der Waals surface area contributed by atoms with Gasteiger partial charge in [0.05, 0.1) is 41.9 Å². The lowest BCUT2D eigenvalue weighted by Crippen LogP contribution is -2.60. The highest BCUT2D eigenvalue weighted by molar-refractivity contribution is 7.90. The Morgan fingerprint density at radius 1 is 0.918 bits per heavy atom. The number of H-pyrrole nitrogens is 1. The molecule has 3 N–H and O–H groups in total. The van der Waals surface area contributed by atoms with Crippen molar-refractivity contribution < 1.29 is 32.3 Å². The third-order valence-corrected chi connectivity index (χ3v) is 16.7. The highest BCUT2D eigenvalue weighted by atomic mass is 32.2. The number of carbonyl (C=O) groups excluding carboxylic acids is 1. The number of carbonyl (C=O) groups is 1. The molecule has 4 aliphatic rings. The van der Waals surface area contributed by atoms with Crippen LogP contribution < -0.4 is 24.4 Å². The second-order valence-electron chi connectivity index (χ2n) is 20.3. The smallest absolute Gasteiger partial charge is 0.293 e. The van der Waals surface area contributed by atoms with Gasteiger partial charge >= 0.3 is 0 Å². The number of hydrogen-bond acceptors (Lipinski definition) is 14. The van der Waals surface area contributed by atoms with Crippen molar-refractivity contribution in [2.24, 2.45) is 5.41 Å². The number of pyridine rings is 1. The lowest BCUT2D eigenvalue weighted by Gasteiger charge is -2.58. The number of morpholine rings is 1. The standard InChI is InChI=1S/C55H65N9O8S/c1-38(2)46-6-4-5-7-47(46)51-37-61(36-39-8-11-43(70-3)12-9-39)24-25-63(51)42-33-55(34-42)17-21-62(22-18-55)41-10-14-48(52(31-41)72-44-30-40-16-19-57-53(40)58-35-44)54(65)59-73(68,69)45-13-15-49(50(32-45)64(66)67)56-20-23-60-26-28-71-29-27-60/h4-16,19,30-32,35,38,42,51,56H,17-18,20-29,33-34,36-37H2,1-3H3,(H,57,58)(H,59,65)/t51-/m1/s1. The molecule has 1 aliphatic carbocycles. The fourth-order valence-corrected chi connectivity index (χ4v) is 12.3. The zero-order chi connectivity index (χ0) is 50.7. The third kappa shape index (κ3) is 11.2. The van der Waals surface area contributed by atoms with Crippen LogP contribution in [0.15, 0.2) is 114 Å². The zero-order valence-electron chi connectivity index (χ0n) is 41.8. The van der Waals surface area contributed by atoms with E-state index in [1.165, 1.54) is 28.8 Å². The number of sulfonamides is 1. The van der Waals surface area contributed by atoms with Gasteiger partial charge in [-0.2, -0.15) is 0 Å². The Labute approximate surface area is 427 Å². The monoisotopic (exact) mass is 1010 g/mol. The fraction of sp³-hybridized carbons (Fsp3) is 0.418. The molecule has 18 heteroatoms. The first-order valence-electron chi connectivity index (χ1n) is 25.4. The van der Waals surface area contributed by atoms with Gasteiger partial charge in [0.25, 0.3) is 21.6 Å². The number of anilines is 2. The second-order valence-corrected chi connectivity index (χ2v) is 22.0. The predicted octanol–water partition coefficient (Wildman–Crippen LogP) is 8.57. The summed E-state index contributed by atoms with van der Waals surface area (Å²) in [5.41, 5.74) is 5.63. The van der Waals surface area contributed by atoms with E-state index in [0.717, 1.165) is 101 Å². The van der Waals surface area contributed by atoms with E-state index >= 15 is 0 Å². The molecule has 6 aromatic rings. The van der Waals surface area contributed by atoms with Crippen molar-refractivity contribution in [1.29, 1.82) is 0 Å². The van der Waals surface area contributed by atoms with Gasteiger partial charge in [-0.3, -0.25) is 29.6 Å². The zero-order valence-corrected chi connectivity index (χ0v) is 42.6. The Hall–Kier alpha value is -6.57. The third-order valence-electron chi connectivity index (χ3n) is 15.4. The van der Waals surface area contributed by atoms with Gasteiger partial charge in [0, 0.05) is 107 Å². The molecule has 17 nitrogen and oxygen atoms in total. The van der Waals surface area contributed by atoms with Crippen molar-refractivity contribution in [3.05, 3.63) is 142 Å². The largest absolute Gasteiger partial charge is 0.497 e. The number of nitrogens with zero attached hydrogens (tertiary/aromatic N) is 6. The molecule has 0 unspecified atom stereocenters. The van der Waals surface area contributed by atoms with E-state index in [1.54, 1.807) is 37.7 Å². The molecule has 10 rings (SSSR count). The second kappa shape index (κ2) is 21.5. The number of methoxy groups -OCH3 is 1. The van der Waals surface area contributed by atoms with Crippen LogP contribution >= 0.6 is 0 Å². The highest BCUT2D eigenvalue weighted by Crippen LogP contribution is 2.53. The van der Waals surface area contributed by atoms with Crippen LogP contribution in [0.3, 0.4) is 0 Å². The van der Waals surface area contributed by atoms with Gasteiger partial charge in [-0.05, 0) is 102 Å². The van der Waals surface area contributed by atoms with Gasteiger partial charge in [-0.1, -0.05) is 50.2 Å². The van der Waals surface area contributed by atoms with Crippen LogP contribution in [0.1, 0.15) is 78.5 Å². The van der Waals surface area contributed by atoms with Crippen LogP contribution in [0.2, 0.25) is 0 Å². The molecule has 1 saturated carbocycles. The summed E-state index contributed by atoms with van der Waals surface area (Å²) in [5.74, 6) is 0.858. The van der Waals surface area contributed by atoms with Crippen LogP contribution in [0.25, 0.3) is 11.0 Å². The first-order chi connectivity index (χ1) is 35.3. The number of piperazine rings is 1. The number of nitro benzene ring substituents is 1. The number of nitro groups is 1. The summed E-state index contributed by atoms with van der Waals surface area (Å²) in [6.07, 6.45) is 7.65. The summed E-state index contributed by atoms with van der Waals surface area (Å²) < 4.78 is 47.0. The van der Waals surface area contributed by atoms with E-state index in [4.69, 9.17) is 14.2 Å². The molecule has 0 radical (unpaired) electrons. The number of fused-ring (bicyclic) bond motifs is 1. The van der Waals surface area contributed by atoms with Crippen LogP contribution in [-0.2, 0) is 21.3 Å². The summed E-state index contributed by atoms with van der Waals surface area (Å²) in [4.78, 5) is 42.6. The lowest BCUT2D eigenvalue weighted by molar-refractivity contribution is -0.384. The molecular formula is C55H65N9O8S. The quantitative estimate of drug-likeness (QED) is 0.0582. The average Bonchev–Trinajstić information content (AvgIpc) is 3.87. The van der Waals surface area contributed by atoms with Gasteiger partial charge in [-0.15, -0.1) is 0 Å². The Balaban J connectivity index is 0.829. The first kappa shape index (κ1) is 50.0. The molecule has 2 aromatic heterocycles. The van der Waals surface area contributed by atoms with Crippen molar-refractivity contribution in [2.45, 2.75) is 69.0 Å². The Morgan fingerprint density at radius 2 is 1.70 bits per heavy atom. The van der Waals surface area contributed by atoms with Gasteiger partial charge in [0.2, 0.25) is 0 Å². The number of ether oxygens (including phenoxy) is 3. The number of nitrogens with one attached hydrogen (secondary N) is 3. The molecule has 4 fully saturated rings. The van der Waals surface area contributed by atoms with E-state index in [-0.39, 0.29) is 22.4 Å². The molecule has 3 aliphatic heterocycles. The van der Waals surface area contributed by atoms with E-state index in [0.29, 0.717) is 55.7 Å². The Bertz CT molecular complexity index is 3040. The topological polar surface area (TPSA) is 188 Å². The van der Waals surface area contributed by atoms with Crippen molar-refractivity contribution in [2.75, 3.05) is 89.4 Å². The predicted molar refractivity (Wildman–Crippen MR) is 281 cm³/mol. The molecule has 4 aromatic carbocycles. The van der Waals surface area contributed by atoms with E-state index in [1.807, 2.05) is 24.3 Å². The Kier molecular flexibility index (Phi) is 14.7. The molecule has 3 saturated heterocycles. The van der Waals surface area contributed by atoms with Gasteiger partial charge in [-0.25, -0.2) is 18.1 Å². The van der Waals surface area contributed by atoms with Crippen LogP contribution in [0.4, 0.5) is 17.1 Å². The summed E-state index contributed by atoms with van der Waals surface area (Å²) in [7, 11) is -2.87. The number of rotatable bonds is 17. The van der Waals surface area contributed by atoms with Crippen LogP contribution in [0, 0.1) is 15.5 Å². The molecule has 0 bridgehead atoms. The number of hydrogen-bond donors (Lipinski definition) is 3. The summed E-state index contributed by atoms with van der Waals surface area (Å²) in [6.45, 7) is 13.9. The molecule has 73 heavy (non-hydrogen) atoms. The van der Waals surface area contributed by atoms with Gasteiger partial charge < -0.3 is 29.4 Å². The highest BCUT2D eigenvalue weighted by Gasteiger charge is 2.50. The minimum atomic E-state index is -4.57. The number of aromatic nitrogens is 2. The Morgan fingerprint density at radius 3 is 2.45 bits per heavy atom. The number of aromatic amines is 1. The maximum absolute atomic E-state index is 14.1. The molecule has 1 amide bonds. The molecule has 5 heterocycles. The summed E-state index contributed by atoms with van der Waals surface area (Å²) in [6, 6.07) is 30.6. The summed E-state index contributed by atoms with van der Waals surface area (Å²) in [5, 5.41) is 16.0. The first-order valence-corrected chi connectivity index (χ1v) is 26.9. The van der Waals surface area contributed by atoms with E-state index < -0.39 is 31.4 Å². The lowest BCUT2D eigenvalue weighted by atomic mass is 9.59. The van der Waals surface area contributed by atoms with Crippen molar-refractivity contribution in [1.82, 2.24) is 29.4 Å². The number of piperidine rings is 1. The molecular weight excluding hydrogens is 947 g/mol. The minimum Gasteiger partial charge on any atom is -0.497 e. The maximum Gasteiger partial charge on any atom is 0.293 e. The van der Waals surface area contributed by atoms with Gasteiger partial charge in [0.1, 0.15) is 28.6 Å². The SMILES string of the molecule is COc1ccc(CN2CCN(C3CC4(CCN(c5ccc(C(=O)NS(=O)(=O)c6ccc(NCCN7CCOCC7)c([N+](=O)[O-])c6)c(Oc6cnc7[nH]ccc7c6)c5)CC4)C3)[C@@H](c3ccccc3C(C)C)C2)cc1.